The van der Waals surface area contributed by atoms with Crippen molar-refractivity contribution in [2.24, 2.45) is 0 Å². The van der Waals surface area contributed by atoms with E-state index in [2.05, 4.69) is 10.6 Å². The van der Waals surface area contributed by atoms with Crippen LogP contribution in [0.2, 0.25) is 0 Å². The molecule has 1 aliphatic rings. The summed E-state index contributed by atoms with van der Waals surface area (Å²) in [6, 6.07) is 2.20. The van der Waals surface area contributed by atoms with Crippen molar-refractivity contribution in [1.29, 1.82) is 0 Å². The zero-order valence-corrected chi connectivity index (χ0v) is 9.88. The van der Waals surface area contributed by atoms with Crippen molar-refractivity contribution in [3.05, 3.63) is 45.3 Å². The molecule has 2 amide bonds. The largest absolute Gasteiger partial charge is 0.504 e. The lowest BCUT2D eigenvalue weighted by Crippen LogP contribution is -2.44. The van der Waals surface area contributed by atoms with Crippen molar-refractivity contribution in [2.45, 2.75) is 13.0 Å². The maximum absolute atomic E-state index is 11.4. The van der Waals surface area contributed by atoms with Crippen LogP contribution in [0.5, 0.6) is 11.5 Å². The third kappa shape index (κ3) is 2.28. The first-order valence-corrected chi connectivity index (χ1v) is 5.34. The van der Waals surface area contributed by atoms with E-state index in [1.165, 1.54) is 25.1 Å². The lowest BCUT2D eigenvalue weighted by Gasteiger charge is -2.23. The highest BCUT2D eigenvalue weighted by atomic mass is 16.6. The third-order valence-corrected chi connectivity index (χ3v) is 2.76. The molecule has 0 radical (unpaired) electrons. The van der Waals surface area contributed by atoms with Crippen molar-refractivity contribution in [3.63, 3.8) is 0 Å². The predicted molar refractivity (Wildman–Crippen MR) is 63.9 cm³/mol. The molecule has 2 rings (SSSR count). The van der Waals surface area contributed by atoms with Crippen LogP contribution in [-0.2, 0) is 0 Å². The molecule has 1 atom stereocenters. The molecule has 19 heavy (non-hydrogen) atoms. The van der Waals surface area contributed by atoms with E-state index in [0.29, 0.717) is 5.56 Å². The van der Waals surface area contributed by atoms with Crippen LogP contribution in [0.25, 0.3) is 0 Å². The van der Waals surface area contributed by atoms with Gasteiger partial charge in [0.15, 0.2) is 11.5 Å². The number of hydrogen-bond donors (Lipinski definition) is 4. The van der Waals surface area contributed by atoms with E-state index < -0.39 is 22.7 Å². The fourth-order valence-corrected chi connectivity index (χ4v) is 1.89. The Morgan fingerprint density at radius 3 is 2.58 bits per heavy atom. The molecule has 0 fully saturated rings. The molecule has 8 nitrogen and oxygen atoms in total. The van der Waals surface area contributed by atoms with Gasteiger partial charge in [-0.3, -0.25) is 10.1 Å². The van der Waals surface area contributed by atoms with Gasteiger partial charge >= 0.3 is 6.03 Å². The van der Waals surface area contributed by atoms with Crippen LogP contribution in [0.15, 0.2) is 29.6 Å². The summed E-state index contributed by atoms with van der Waals surface area (Å²) >= 11 is 0. The highest BCUT2D eigenvalue weighted by molar-refractivity contribution is 5.78. The number of amides is 2. The summed E-state index contributed by atoms with van der Waals surface area (Å²) in [6.07, 6.45) is 0. The second-order valence-electron chi connectivity index (χ2n) is 4.05. The van der Waals surface area contributed by atoms with Crippen molar-refractivity contribution < 1.29 is 19.9 Å². The van der Waals surface area contributed by atoms with E-state index >= 15 is 0 Å². The van der Waals surface area contributed by atoms with Gasteiger partial charge in [0.2, 0.25) is 0 Å². The number of rotatable bonds is 2. The summed E-state index contributed by atoms with van der Waals surface area (Å²) in [5, 5.41) is 34.4. The zero-order chi connectivity index (χ0) is 14.2. The number of allylic oxidation sites excluding steroid dienone is 1. The molecule has 8 heteroatoms. The Morgan fingerprint density at radius 2 is 2.00 bits per heavy atom. The number of phenolic OH excluding ortho intramolecular Hbond substituents is 2. The second-order valence-corrected chi connectivity index (χ2v) is 4.05. The molecule has 0 saturated heterocycles. The minimum Gasteiger partial charge on any atom is -0.504 e. The standard InChI is InChI=1S/C11H11N3O5/c1-5-10(14(18)19)9(13-11(17)12-5)6-2-3-7(15)8(16)4-6/h2-4,9,15-16H,1H3,(H2,12,13,17)/t9-/m1/s1. The summed E-state index contributed by atoms with van der Waals surface area (Å²) in [4.78, 5) is 21.8. The first-order valence-electron chi connectivity index (χ1n) is 5.34. The van der Waals surface area contributed by atoms with Gasteiger partial charge in [0, 0.05) is 0 Å². The molecule has 4 N–H and O–H groups in total. The fraction of sp³-hybridized carbons (Fsp3) is 0.182. The molecule has 1 aliphatic heterocycles. The number of aromatic hydroxyl groups is 2. The quantitative estimate of drug-likeness (QED) is 0.360. The molecule has 0 aromatic heterocycles. The van der Waals surface area contributed by atoms with Gasteiger partial charge in [0.1, 0.15) is 6.04 Å². The Bertz CT molecular complexity index is 596. The smallest absolute Gasteiger partial charge is 0.320 e. The van der Waals surface area contributed by atoms with Crippen molar-refractivity contribution in [3.8, 4) is 11.5 Å². The Kier molecular flexibility index (Phi) is 2.99. The third-order valence-electron chi connectivity index (χ3n) is 2.76. The van der Waals surface area contributed by atoms with E-state index in [1.807, 2.05) is 0 Å². The van der Waals surface area contributed by atoms with E-state index in [0.717, 1.165) is 0 Å². The molecule has 0 aliphatic carbocycles. The Labute approximate surface area is 107 Å². The maximum Gasteiger partial charge on any atom is 0.320 e. The normalized spacial score (nSPS) is 18.8. The van der Waals surface area contributed by atoms with Crippen LogP contribution >= 0.6 is 0 Å². The van der Waals surface area contributed by atoms with Gasteiger partial charge in [-0.15, -0.1) is 0 Å². The molecule has 1 aromatic rings. The number of nitrogens with one attached hydrogen (secondary N) is 2. The Morgan fingerprint density at radius 1 is 1.32 bits per heavy atom. The minimum absolute atomic E-state index is 0.131. The number of phenols is 2. The van der Waals surface area contributed by atoms with Crippen LogP contribution in [0.3, 0.4) is 0 Å². The molecule has 0 spiro atoms. The molecular formula is C11H11N3O5. The Hall–Kier alpha value is -2.77. The highest BCUT2D eigenvalue weighted by Crippen LogP contribution is 2.32. The lowest BCUT2D eigenvalue weighted by atomic mass is 10.0. The topological polar surface area (TPSA) is 125 Å². The van der Waals surface area contributed by atoms with Gasteiger partial charge in [0.25, 0.3) is 5.70 Å². The first kappa shape index (κ1) is 12.7. The van der Waals surface area contributed by atoms with Gasteiger partial charge < -0.3 is 20.8 Å². The van der Waals surface area contributed by atoms with Gasteiger partial charge in [-0.05, 0) is 24.6 Å². The summed E-state index contributed by atoms with van der Waals surface area (Å²) in [6.45, 7) is 1.42. The van der Waals surface area contributed by atoms with Crippen LogP contribution in [0.4, 0.5) is 4.79 Å². The SMILES string of the molecule is CC1=C([N+](=O)[O-])[C@@H](c2ccc(O)c(O)c2)NC(=O)N1. The van der Waals surface area contributed by atoms with E-state index in [4.69, 9.17) is 0 Å². The number of carbonyl (C=O) groups is 1. The number of nitro groups is 1. The van der Waals surface area contributed by atoms with Crippen molar-refractivity contribution >= 4 is 6.03 Å². The van der Waals surface area contributed by atoms with E-state index in [1.54, 1.807) is 0 Å². The molecular weight excluding hydrogens is 254 g/mol. The molecule has 0 unspecified atom stereocenters. The van der Waals surface area contributed by atoms with Gasteiger partial charge in [-0.25, -0.2) is 4.79 Å². The molecule has 0 bridgehead atoms. The average Bonchev–Trinajstić information content (AvgIpc) is 2.31. The van der Waals surface area contributed by atoms with Gasteiger partial charge in [0.05, 0.1) is 10.6 Å². The van der Waals surface area contributed by atoms with Crippen LogP contribution in [0, 0.1) is 10.1 Å². The number of hydrogen-bond acceptors (Lipinski definition) is 5. The maximum atomic E-state index is 11.4. The minimum atomic E-state index is -0.991. The number of benzene rings is 1. The van der Waals surface area contributed by atoms with Crippen LogP contribution in [-0.4, -0.2) is 21.2 Å². The van der Waals surface area contributed by atoms with E-state index in [-0.39, 0.29) is 17.1 Å². The lowest BCUT2D eigenvalue weighted by molar-refractivity contribution is -0.432. The van der Waals surface area contributed by atoms with Gasteiger partial charge in [-0.2, -0.15) is 0 Å². The highest BCUT2D eigenvalue weighted by Gasteiger charge is 2.35. The van der Waals surface area contributed by atoms with Crippen LogP contribution < -0.4 is 10.6 Å². The second kappa shape index (κ2) is 4.48. The summed E-state index contributed by atoms with van der Waals surface area (Å²) in [5.41, 5.74) is 0.215. The summed E-state index contributed by atoms with van der Waals surface area (Å²) in [5.74, 6) is -0.752. The predicted octanol–water partition coefficient (Wildman–Crippen LogP) is 0.960. The molecule has 0 saturated carbocycles. The molecule has 1 aromatic carbocycles. The van der Waals surface area contributed by atoms with Crippen molar-refractivity contribution in [2.75, 3.05) is 0 Å². The molecule has 1 heterocycles. The van der Waals surface area contributed by atoms with Gasteiger partial charge in [-0.1, -0.05) is 6.07 Å². The first-order chi connectivity index (χ1) is 8.90. The molecule has 100 valence electrons. The van der Waals surface area contributed by atoms with Crippen molar-refractivity contribution in [1.82, 2.24) is 10.6 Å². The number of nitrogens with zero attached hydrogens (tertiary/aromatic N) is 1. The number of urea groups is 1. The Balaban J connectivity index is 2.51. The summed E-state index contributed by atoms with van der Waals surface area (Å²) < 4.78 is 0. The van der Waals surface area contributed by atoms with Crippen LogP contribution in [0.1, 0.15) is 18.5 Å². The monoisotopic (exact) mass is 265 g/mol. The van der Waals surface area contributed by atoms with E-state index in [9.17, 15) is 25.1 Å². The zero-order valence-electron chi connectivity index (χ0n) is 9.88. The average molecular weight is 265 g/mol. The summed E-state index contributed by atoms with van der Waals surface area (Å²) in [7, 11) is 0. The number of carbonyl (C=O) groups excluding carboxylic acids is 1. The fourth-order valence-electron chi connectivity index (χ4n) is 1.89.